The van der Waals surface area contributed by atoms with E-state index in [9.17, 15) is 0 Å². The van der Waals surface area contributed by atoms with Gasteiger partial charge in [-0.3, -0.25) is 0 Å². The molecule has 0 amide bonds. The Bertz CT molecular complexity index is 6080. The Morgan fingerprint density at radius 2 is 0.368 bits per heavy atom. The summed E-state index contributed by atoms with van der Waals surface area (Å²) in [5.74, 6) is 0.573. The van der Waals surface area contributed by atoms with E-state index in [1.807, 2.05) is 0 Å². The first-order valence-corrected chi connectivity index (χ1v) is 55.8. The molecule has 0 heterocycles. The molecule has 0 aromatic heterocycles. The minimum Gasteiger partial charge on any atom is -0.0654 e. The fourth-order valence-electron chi connectivity index (χ4n) is 16.1. The Balaban J connectivity index is 0.000000138. The maximum atomic E-state index is 2.34. The van der Waals surface area contributed by atoms with Gasteiger partial charge < -0.3 is 0 Å². The normalized spacial score (nSPS) is 10.9. The van der Waals surface area contributed by atoms with Crippen molar-refractivity contribution in [2.45, 2.75) is 233 Å². The molecule has 136 heavy (non-hydrogen) atoms. The quantitative estimate of drug-likeness (QED) is 0.0300. The zero-order chi connectivity index (χ0) is 94.5. The van der Waals surface area contributed by atoms with Gasteiger partial charge in [-0.05, 0) is 289 Å². The molecule has 0 aliphatic rings. The van der Waals surface area contributed by atoms with Crippen molar-refractivity contribution in [3.8, 4) is 0 Å². The van der Waals surface area contributed by atoms with E-state index in [4.69, 9.17) is 0 Å². The summed E-state index contributed by atoms with van der Waals surface area (Å²) in [6.07, 6.45) is 15.9. The molecule has 0 saturated heterocycles. The van der Waals surface area contributed by atoms with Crippen molar-refractivity contribution in [1.29, 1.82) is 0 Å². The van der Waals surface area contributed by atoms with Crippen LogP contribution in [0.25, 0.3) is 0 Å². The Labute approximate surface area is 833 Å². The van der Waals surface area contributed by atoms with Crippen LogP contribution in [0.5, 0.6) is 0 Å². The van der Waals surface area contributed by atoms with E-state index in [0.29, 0.717) is 5.92 Å². The van der Waals surface area contributed by atoms with Crippen molar-refractivity contribution in [3.05, 3.63) is 542 Å². The van der Waals surface area contributed by atoms with E-state index < -0.39 is 0 Å². The Morgan fingerprint density at radius 1 is 0.169 bits per heavy atom. The summed E-state index contributed by atoms with van der Waals surface area (Å²) in [6.45, 7) is 19.9. The SMILES string of the molecule is CC(C)c1ccc([S+](c2ccccc2)c2ccccc2)cc1.CCCCCCCCc1ccc([S+](c2ccccc2)c2ccccc2)cc1.CCCCCCc1ccc([S+](c2ccccc2)c2ccccc2)cc1.Cc1ccc([S+](c2ccccc2)c2ccc(C)cc2)cc1.Cc1ccc([S+](c2ccccc2)c2ccccc2)c(C)c1.Cc1ccccc1[S+](c1ccccc1)c1ccccc1. The molecule has 0 bridgehead atoms. The summed E-state index contributed by atoms with van der Waals surface area (Å²) in [5, 5.41) is 0. The molecule has 0 N–H and O–H groups in total. The van der Waals surface area contributed by atoms with E-state index in [0.717, 1.165) is 0 Å². The van der Waals surface area contributed by atoms with Gasteiger partial charge in [0.2, 0.25) is 0 Å². The summed E-state index contributed by atoms with van der Waals surface area (Å²) >= 11 is 0. The summed E-state index contributed by atoms with van der Waals surface area (Å²) in [5.41, 5.74) is 11.0. The highest BCUT2D eigenvalue weighted by Crippen LogP contribution is 2.39. The van der Waals surface area contributed by atoms with E-state index in [1.165, 1.54) is 210 Å². The molecule has 0 radical (unpaired) electrons. The third-order valence-corrected chi connectivity index (χ3v) is 37.1. The van der Waals surface area contributed by atoms with Crippen molar-refractivity contribution in [3.63, 3.8) is 0 Å². The van der Waals surface area contributed by atoms with Gasteiger partial charge in [0.25, 0.3) is 0 Å². The Kier molecular flexibility index (Phi) is 41.7. The Hall–Kier alpha value is -11.9. The van der Waals surface area contributed by atoms with Crippen LogP contribution < -0.4 is 0 Å². The topological polar surface area (TPSA) is 0 Å². The van der Waals surface area contributed by atoms with Gasteiger partial charge in [-0.2, -0.15) is 0 Å². The number of benzene rings is 18. The molecule has 0 saturated carbocycles. The van der Waals surface area contributed by atoms with Crippen LogP contribution in [0.15, 0.2) is 586 Å². The molecule has 18 rings (SSSR count). The van der Waals surface area contributed by atoms with E-state index in [1.54, 1.807) is 0 Å². The average molecular weight is 1890 g/mol. The maximum Gasteiger partial charge on any atom is 0.169 e. The monoisotopic (exact) mass is 1890 g/mol. The molecule has 0 aliphatic carbocycles. The summed E-state index contributed by atoms with van der Waals surface area (Å²) in [6, 6.07) is 180. The van der Waals surface area contributed by atoms with Gasteiger partial charge in [-0.1, -0.05) is 387 Å². The molecule has 0 spiro atoms. The highest BCUT2D eigenvalue weighted by molar-refractivity contribution is 7.98. The van der Waals surface area contributed by atoms with Gasteiger partial charge >= 0.3 is 0 Å². The van der Waals surface area contributed by atoms with Crippen LogP contribution in [0.2, 0.25) is 0 Å². The van der Waals surface area contributed by atoms with Crippen molar-refractivity contribution in [2.24, 2.45) is 0 Å². The summed E-state index contributed by atoms with van der Waals surface area (Å²) in [4.78, 5) is 24.8. The first-order valence-electron chi connectivity index (χ1n) is 48.4. The largest absolute Gasteiger partial charge is 0.169 e. The summed E-state index contributed by atoms with van der Waals surface area (Å²) < 4.78 is 0. The van der Waals surface area contributed by atoms with Crippen LogP contribution in [0.1, 0.15) is 142 Å². The van der Waals surface area contributed by atoms with Crippen molar-refractivity contribution < 1.29 is 0 Å². The predicted octanol–water partition coefficient (Wildman–Crippen LogP) is 36.4. The van der Waals surface area contributed by atoms with E-state index in [2.05, 4.69) is 560 Å². The lowest BCUT2D eigenvalue weighted by Crippen LogP contribution is -2.06. The van der Waals surface area contributed by atoms with Crippen molar-refractivity contribution >= 4 is 65.4 Å². The molecule has 0 unspecified atom stereocenters. The van der Waals surface area contributed by atoms with Gasteiger partial charge in [-0.15, -0.1) is 0 Å². The smallest absolute Gasteiger partial charge is 0.0654 e. The highest BCUT2D eigenvalue weighted by Gasteiger charge is 2.35. The van der Waals surface area contributed by atoms with E-state index in [-0.39, 0.29) is 65.4 Å². The number of hydrogen-bond acceptors (Lipinski definition) is 0. The second kappa shape index (κ2) is 55.9. The zero-order valence-corrected chi connectivity index (χ0v) is 85.8. The van der Waals surface area contributed by atoms with Gasteiger partial charge in [0.15, 0.2) is 88.1 Å². The van der Waals surface area contributed by atoms with Crippen LogP contribution >= 0.6 is 0 Å². The second-order valence-electron chi connectivity index (χ2n) is 34.3. The van der Waals surface area contributed by atoms with Gasteiger partial charge in [0, 0.05) is 11.1 Å². The van der Waals surface area contributed by atoms with Crippen LogP contribution in [0.3, 0.4) is 0 Å². The lowest BCUT2D eigenvalue weighted by atomic mass is 10.0. The van der Waals surface area contributed by atoms with E-state index >= 15 is 0 Å². The molecule has 0 fully saturated rings. The maximum absolute atomic E-state index is 2.34. The minimum atomic E-state index is -0.0361. The molecule has 18 aromatic rings. The van der Waals surface area contributed by atoms with Gasteiger partial charge in [0.05, 0.1) is 65.4 Å². The molecule has 0 nitrogen and oxygen atoms in total. The second-order valence-corrected chi connectivity index (χ2v) is 46.4. The average Bonchev–Trinajstić information content (AvgIpc) is 0.342. The number of unbranched alkanes of at least 4 members (excludes halogenated alkanes) is 8. The number of rotatable bonds is 31. The third-order valence-electron chi connectivity index (χ3n) is 23.4. The van der Waals surface area contributed by atoms with Crippen LogP contribution in [0, 0.1) is 34.6 Å². The fraction of sp³-hybridized carbons (Fsp3) is 0.169. The van der Waals surface area contributed by atoms with Crippen molar-refractivity contribution in [2.75, 3.05) is 0 Å². The van der Waals surface area contributed by atoms with Gasteiger partial charge in [-0.25, -0.2) is 0 Å². The zero-order valence-electron chi connectivity index (χ0n) is 80.9. The first-order chi connectivity index (χ1) is 66.9. The van der Waals surface area contributed by atoms with Crippen LogP contribution in [0.4, 0.5) is 0 Å². The Morgan fingerprint density at radius 3 is 0.618 bits per heavy atom. The molecule has 18 aromatic carbocycles. The molecule has 0 atom stereocenters. The first kappa shape index (κ1) is 101. The van der Waals surface area contributed by atoms with Gasteiger partial charge in [0.1, 0.15) is 0 Å². The van der Waals surface area contributed by atoms with Crippen molar-refractivity contribution in [1.82, 2.24) is 0 Å². The number of aryl methyl sites for hydroxylation is 7. The fourth-order valence-corrected chi connectivity index (χ4v) is 28.9. The molecular formula is C130H134S6+6. The van der Waals surface area contributed by atoms with Crippen LogP contribution in [-0.4, -0.2) is 0 Å². The lowest BCUT2D eigenvalue weighted by Gasteiger charge is -2.10. The number of hydrogen-bond donors (Lipinski definition) is 0. The lowest BCUT2D eigenvalue weighted by molar-refractivity contribution is 0.607. The third kappa shape index (κ3) is 31.0. The molecule has 684 valence electrons. The molecular weight excluding hydrogens is 1750 g/mol. The predicted molar refractivity (Wildman–Crippen MR) is 592 cm³/mol. The highest BCUT2D eigenvalue weighted by atomic mass is 32.2. The minimum absolute atomic E-state index is 0.0262. The van der Waals surface area contributed by atoms with Crippen LogP contribution in [-0.2, 0) is 78.2 Å². The summed E-state index contributed by atoms with van der Waals surface area (Å²) in [7, 11) is -0.194. The molecule has 0 aliphatic heterocycles. The standard InChI is InChI=1S/C26H31S.C24H27S.C21H21S.2C20H19S.C19H17S/c1-2-3-4-5-6-9-14-23-19-21-26(22-20-23)27(24-15-10-7-11-16-24)25-17-12-8-13-18-25;1-2-3-4-7-12-21-17-19-24(20-18-21)25(22-13-8-5-9-14-22)23-15-10-6-11-16-23;1-17(2)18-13-15-21(16-14-18)22(19-9-5-3-6-10-19)20-11-7-4-8-12-20;1-16-13-14-20(17(2)15-16)21(18-9-5-3-6-10-18)19-11-7-4-8-12-19;1-16-8-12-19(13-9-16)21(18-6-4-3-5-7-18)20-14-10-17(2)11-15-20;1-16-10-8-9-15-19(16)20(17-11-4-2-5-12-17)18-13-6-3-7-14-18/h7-8,10-13,15-22H,2-6,9,14H2,1H3;5-6,8-11,13-20H,2-4,7,12H2,1H3;3-17H,1-2H3;2*3-15H,1-2H3;2-15H,1H3/q6*+1. The molecule has 6 heteroatoms.